The number of urea groups is 1. The van der Waals surface area contributed by atoms with E-state index in [1.807, 2.05) is 0 Å². The van der Waals surface area contributed by atoms with E-state index >= 15 is 0 Å². The quantitative estimate of drug-likeness (QED) is 0.377. The molecule has 4 amide bonds. The normalized spacial score (nSPS) is 20.2. The van der Waals surface area contributed by atoms with Crippen molar-refractivity contribution < 1.29 is 23.9 Å². The van der Waals surface area contributed by atoms with E-state index in [4.69, 9.17) is 16.3 Å². The zero-order valence-electron chi connectivity index (χ0n) is 18.3. The number of hydrogen-bond donors (Lipinski definition) is 2. The molecule has 2 aromatic rings. The van der Waals surface area contributed by atoms with Crippen molar-refractivity contribution in [1.82, 2.24) is 10.2 Å². The third-order valence-corrected chi connectivity index (χ3v) is 7.52. The van der Waals surface area contributed by atoms with Crippen molar-refractivity contribution in [1.29, 1.82) is 0 Å². The number of esters is 1. The molecule has 4 rings (SSSR count). The first-order valence-corrected chi connectivity index (χ1v) is 11.9. The molecule has 1 fully saturated rings. The van der Waals surface area contributed by atoms with Crippen molar-refractivity contribution in [2.45, 2.75) is 44.6 Å². The van der Waals surface area contributed by atoms with E-state index in [1.165, 1.54) is 18.4 Å². The van der Waals surface area contributed by atoms with Gasteiger partial charge in [-0.3, -0.25) is 14.5 Å². The van der Waals surface area contributed by atoms with E-state index in [0.29, 0.717) is 21.2 Å². The largest absolute Gasteiger partial charge is 0.465 e. The predicted octanol–water partition coefficient (Wildman–Crippen LogP) is 3.86. The average molecular weight is 490 g/mol. The molecular formula is C23H24ClN3O5S. The van der Waals surface area contributed by atoms with Crippen molar-refractivity contribution in [3.05, 3.63) is 50.9 Å². The summed E-state index contributed by atoms with van der Waals surface area (Å²) in [6, 6.07) is 5.91. The maximum Gasteiger partial charge on any atom is 0.341 e. The van der Waals surface area contributed by atoms with Gasteiger partial charge in [0.15, 0.2) is 0 Å². The third-order valence-electron chi connectivity index (χ3n) is 6.06. The van der Waals surface area contributed by atoms with Gasteiger partial charge in [0, 0.05) is 9.90 Å². The van der Waals surface area contributed by atoms with Crippen molar-refractivity contribution >= 4 is 51.8 Å². The van der Waals surface area contributed by atoms with Gasteiger partial charge in [-0.15, -0.1) is 11.3 Å². The minimum absolute atomic E-state index is 0.371. The molecule has 8 nitrogen and oxygen atoms in total. The van der Waals surface area contributed by atoms with E-state index in [2.05, 4.69) is 10.6 Å². The lowest BCUT2D eigenvalue weighted by atomic mass is 9.92. The molecule has 1 aromatic heterocycles. The highest BCUT2D eigenvalue weighted by Crippen LogP contribution is 2.38. The van der Waals surface area contributed by atoms with E-state index in [0.717, 1.165) is 47.4 Å². The summed E-state index contributed by atoms with van der Waals surface area (Å²) in [5, 5.41) is 6.30. The Morgan fingerprint density at radius 1 is 1.18 bits per heavy atom. The summed E-state index contributed by atoms with van der Waals surface area (Å²) in [4.78, 5) is 52.9. The summed E-state index contributed by atoms with van der Waals surface area (Å²) in [7, 11) is 1.31. The molecule has 2 heterocycles. The van der Waals surface area contributed by atoms with Crippen LogP contribution in [-0.2, 0) is 32.7 Å². The Morgan fingerprint density at radius 2 is 1.88 bits per heavy atom. The van der Waals surface area contributed by atoms with Crippen LogP contribution in [0.4, 0.5) is 9.80 Å². The molecule has 0 spiro atoms. The van der Waals surface area contributed by atoms with Crippen LogP contribution >= 0.6 is 22.9 Å². The van der Waals surface area contributed by atoms with Gasteiger partial charge in [-0.1, -0.05) is 30.2 Å². The van der Waals surface area contributed by atoms with Gasteiger partial charge in [-0.05, 0) is 55.9 Å². The fourth-order valence-electron chi connectivity index (χ4n) is 4.28. The highest BCUT2D eigenvalue weighted by atomic mass is 35.5. The highest BCUT2D eigenvalue weighted by Gasteiger charge is 2.49. The molecule has 33 heavy (non-hydrogen) atoms. The number of anilines is 1. The number of thiophene rings is 1. The summed E-state index contributed by atoms with van der Waals surface area (Å²) in [6.45, 7) is 1.11. The van der Waals surface area contributed by atoms with Crippen molar-refractivity contribution in [2.75, 3.05) is 19.0 Å². The second-order valence-corrected chi connectivity index (χ2v) is 9.80. The van der Waals surface area contributed by atoms with E-state index in [9.17, 15) is 19.2 Å². The summed E-state index contributed by atoms with van der Waals surface area (Å²) < 4.78 is 4.95. The highest BCUT2D eigenvalue weighted by molar-refractivity contribution is 7.17. The number of halogens is 1. The van der Waals surface area contributed by atoms with Gasteiger partial charge in [-0.2, -0.15) is 0 Å². The number of ether oxygens (including phenoxy) is 1. The van der Waals surface area contributed by atoms with Crippen LogP contribution in [0, 0.1) is 0 Å². The van der Waals surface area contributed by atoms with Crippen molar-refractivity contribution in [2.24, 2.45) is 0 Å². The smallest absolute Gasteiger partial charge is 0.341 e. The summed E-state index contributed by atoms with van der Waals surface area (Å²) in [5.41, 5.74) is 0.545. The lowest BCUT2D eigenvalue weighted by Gasteiger charge is -2.22. The van der Waals surface area contributed by atoms with E-state index < -0.39 is 35.9 Å². The molecule has 174 valence electrons. The zero-order chi connectivity index (χ0) is 23.8. The molecule has 10 heteroatoms. The van der Waals surface area contributed by atoms with Crippen LogP contribution in [0.15, 0.2) is 24.3 Å². The van der Waals surface area contributed by atoms with Crippen LogP contribution in [-0.4, -0.2) is 42.4 Å². The molecule has 2 N–H and O–H groups in total. The lowest BCUT2D eigenvalue weighted by molar-refractivity contribution is -0.133. The molecule has 1 aliphatic carbocycles. The maximum absolute atomic E-state index is 13.1. The Bertz CT molecular complexity index is 1130. The van der Waals surface area contributed by atoms with Gasteiger partial charge in [0.1, 0.15) is 17.1 Å². The predicted molar refractivity (Wildman–Crippen MR) is 125 cm³/mol. The molecule has 0 bridgehead atoms. The van der Waals surface area contributed by atoms with E-state index in [1.54, 1.807) is 31.2 Å². The number of aryl methyl sites for hydroxylation is 1. The topological polar surface area (TPSA) is 105 Å². The monoisotopic (exact) mass is 489 g/mol. The molecule has 1 saturated heterocycles. The second kappa shape index (κ2) is 9.15. The average Bonchev–Trinajstić information content (AvgIpc) is 3.10. The second-order valence-electron chi connectivity index (χ2n) is 8.26. The number of fused-ring (bicyclic) bond motifs is 1. The first-order chi connectivity index (χ1) is 15.7. The molecule has 0 saturated carbocycles. The van der Waals surface area contributed by atoms with Crippen molar-refractivity contribution in [3.63, 3.8) is 0 Å². The van der Waals surface area contributed by atoms with Crippen molar-refractivity contribution in [3.8, 4) is 0 Å². The summed E-state index contributed by atoms with van der Waals surface area (Å²) in [6.07, 6.45) is 4.66. The number of carbonyl (C=O) groups excluding carboxylic acids is 4. The first-order valence-electron chi connectivity index (χ1n) is 10.7. The maximum atomic E-state index is 13.1. The number of nitrogens with one attached hydrogen (secondary N) is 2. The number of rotatable bonds is 5. The van der Waals surface area contributed by atoms with E-state index in [-0.39, 0.29) is 0 Å². The number of hydrogen-bond acceptors (Lipinski definition) is 6. The molecule has 1 atom stereocenters. The zero-order valence-corrected chi connectivity index (χ0v) is 19.9. The van der Waals surface area contributed by atoms with Gasteiger partial charge in [0.2, 0.25) is 5.91 Å². The molecule has 1 aliphatic heterocycles. The number of carbonyl (C=O) groups is 4. The van der Waals surface area contributed by atoms with Crippen LogP contribution in [0.2, 0.25) is 5.02 Å². The minimum atomic E-state index is -1.31. The number of nitrogens with zero attached hydrogens (tertiary/aromatic N) is 1. The molecule has 1 aromatic carbocycles. The number of benzene rings is 1. The Hall–Kier alpha value is -2.91. The third kappa shape index (κ3) is 4.35. The van der Waals surface area contributed by atoms with Gasteiger partial charge in [-0.25, -0.2) is 9.59 Å². The molecule has 0 radical (unpaired) electrons. The van der Waals surface area contributed by atoms with Crippen LogP contribution in [0.1, 0.15) is 52.5 Å². The first kappa shape index (κ1) is 23.3. The standard InChI is InChI=1S/C23H24ClN3O5S/c1-23(13-8-10-14(24)11-9-13)21(30)27(22(31)26-23)12-17(28)25-19-18(20(29)32-2)15-6-4-3-5-7-16(15)33-19/h8-11H,3-7,12H2,1-2H3,(H,25,28)(H,26,31). The number of imide groups is 1. The van der Waals surface area contributed by atoms with Crippen LogP contribution in [0.3, 0.4) is 0 Å². The summed E-state index contributed by atoms with van der Waals surface area (Å²) in [5.74, 6) is -1.62. The minimum Gasteiger partial charge on any atom is -0.465 e. The van der Waals surface area contributed by atoms with Gasteiger partial charge >= 0.3 is 12.0 Å². The molecule has 1 unspecified atom stereocenters. The molecular weight excluding hydrogens is 466 g/mol. The van der Waals surface area contributed by atoms with Gasteiger partial charge in [0.05, 0.1) is 12.7 Å². The number of amides is 4. The Morgan fingerprint density at radius 3 is 2.58 bits per heavy atom. The van der Waals surface area contributed by atoms with Gasteiger partial charge < -0.3 is 15.4 Å². The Labute approximate surface area is 200 Å². The fourth-order valence-corrected chi connectivity index (χ4v) is 5.70. The van der Waals surface area contributed by atoms with Crippen LogP contribution < -0.4 is 10.6 Å². The Balaban J connectivity index is 1.53. The van der Waals surface area contributed by atoms with Gasteiger partial charge in [0.25, 0.3) is 5.91 Å². The van der Waals surface area contributed by atoms with Crippen LogP contribution in [0.5, 0.6) is 0 Å². The SMILES string of the molecule is COC(=O)c1c(NC(=O)CN2C(=O)NC(C)(c3ccc(Cl)cc3)C2=O)sc2c1CCCCC2. The fraction of sp³-hybridized carbons (Fsp3) is 0.391. The summed E-state index contributed by atoms with van der Waals surface area (Å²) >= 11 is 7.28. The van der Waals surface area contributed by atoms with Crippen LogP contribution in [0.25, 0.3) is 0 Å². The number of methoxy groups -OCH3 is 1. The Kier molecular flexibility index (Phi) is 6.45. The lowest BCUT2D eigenvalue weighted by Crippen LogP contribution is -2.42. The molecule has 2 aliphatic rings.